The van der Waals surface area contributed by atoms with Crippen molar-refractivity contribution in [2.75, 3.05) is 0 Å². The molecule has 2 rings (SSSR count). The maximum atomic E-state index is 5.79. The predicted molar refractivity (Wildman–Crippen MR) is 58.8 cm³/mol. The molecule has 4 heteroatoms. The van der Waals surface area contributed by atoms with Crippen LogP contribution < -0.4 is 0 Å². The first kappa shape index (κ1) is 10.2. The Bertz CT molecular complexity index is 479. The molecule has 0 N–H and O–H groups in total. The van der Waals surface area contributed by atoms with E-state index in [9.17, 15) is 0 Å². The zero-order valence-corrected chi connectivity index (χ0v) is 9.38. The average molecular weight is 223 g/mol. The van der Waals surface area contributed by atoms with Gasteiger partial charge in [-0.3, -0.25) is 0 Å². The van der Waals surface area contributed by atoms with Crippen molar-refractivity contribution in [3.63, 3.8) is 0 Å². The molecule has 15 heavy (non-hydrogen) atoms. The third kappa shape index (κ3) is 1.88. The minimum Gasteiger partial charge on any atom is -0.469 e. The van der Waals surface area contributed by atoms with Crippen LogP contribution in [-0.2, 0) is 5.88 Å². The summed E-state index contributed by atoms with van der Waals surface area (Å²) >= 11 is 5.79. The van der Waals surface area contributed by atoms with E-state index in [1.54, 1.807) is 12.5 Å². The third-order valence-electron chi connectivity index (χ3n) is 2.30. The molecular formula is C11H11ClN2O. The van der Waals surface area contributed by atoms with E-state index in [2.05, 4.69) is 9.97 Å². The predicted octanol–water partition coefficient (Wildman–Crippen LogP) is 3.09. The molecule has 78 valence electrons. The lowest BCUT2D eigenvalue weighted by Crippen LogP contribution is -1.96. The summed E-state index contributed by atoms with van der Waals surface area (Å²) in [7, 11) is 0. The smallest absolute Gasteiger partial charge is 0.162 e. The molecule has 0 aliphatic heterocycles. The van der Waals surface area contributed by atoms with Crippen LogP contribution in [-0.4, -0.2) is 9.97 Å². The lowest BCUT2D eigenvalue weighted by atomic mass is 10.2. The van der Waals surface area contributed by atoms with Crippen LogP contribution in [0.1, 0.15) is 17.0 Å². The molecule has 0 spiro atoms. The fourth-order valence-corrected chi connectivity index (χ4v) is 1.63. The van der Waals surface area contributed by atoms with Gasteiger partial charge in [0.2, 0.25) is 0 Å². The number of hydrogen-bond donors (Lipinski definition) is 0. The van der Waals surface area contributed by atoms with Crippen LogP contribution in [0.25, 0.3) is 11.4 Å². The van der Waals surface area contributed by atoms with Crippen LogP contribution >= 0.6 is 11.6 Å². The second-order valence-electron chi connectivity index (χ2n) is 3.35. The molecule has 0 fully saturated rings. The van der Waals surface area contributed by atoms with Crippen LogP contribution in [0, 0.1) is 13.8 Å². The van der Waals surface area contributed by atoms with E-state index in [0.717, 1.165) is 22.6 Å². The van der Waals surface area contributed by atoms with Gasteiger partial charge in [0.05, 0.1) is 23.4 Å². The van der Waals surface area contributed by atoms with Gasteiger partial charge in [0.1, 0.15) is 5.76 Å². The molecule has 2 heterocycles. The van der Waals surface area contributed by atoms with E-state index in [1.165, 1.54) is 0 Å². The van der Waals surface area contributed by atoms with Crippen molar-refractivity contribution in [1.29, 1.82) is 0 Å². The Balaban J connectivity index is 2.51. The van der Waals surface area contributed by atoms with E-state index in [0.29, 0.717) is 11.7 Å². The number of hydrogen-bond acceptors (Lipinski definition) is 3. The van der Waals surface area contributed by atoms with Crippen LogP contribution in [0.15, 0.2) is 22.9 Å². The number of halogens is 1. The fraction of sp³-hybridized carbons (Fsp3) is 0.273. The lowest BCUT2D eigenvalue weighted by Gasteiger charge is -2.03. The van der Waals surface area contributed by atoms with E-state index in [4.69, 9.17) is 16.0 Å². The van der Waals surface area contributed by atoms with Gasteiger partial charge in [-0.25, -0.2) is 9.97 Å². The second-order valence-corrected chi connectivity index (χ2v) is 3.61. The summed E-state index contributed by atoms with van der Waals surface area (Å²) in [5.41, 5.74) is 2.79. The molecule has 0 aromatic carbocycles. The largest absolute Gasteiger partial charge is 0.469 e. The summed E-state index contributed by atoms with van der Waals surface area (Å²) in [6, 6.07) is 1.86. The Labute approximate surface area is 93.1 Å². The van der Waals surface area contributed by atoms with Gasteiger partial charge < -0.3 is 4.42 Å². The van der Waals surface area contributed by atoms with Gasteiger partial charge in [-0.2, -0.15) is 0 Å². The topological polar surface area (TPSA) is 38.9 Å². The highest BCUT2D eigenvalue weighted by Crippen LogP contribution is 2.21. The van der Waals surface area contributed by atoms with Gasteiger partial charge >= 0.3 is 0 Å². The molecule has 0 aliphatic rings. The average Bonchev–Trinajstić information content (AvgIpc) is 2.65. The number of rotatable bonds is 2. The van der Waals surface area contributed by atoms with Crippen LogP contribution in [0.4, 0.5) is 0 Å². The molecular weight excluding hydrogens is 212 g/mol. The first-order valence-corrected chi connectivity index (χ1v) is 5.18. The van der Waals surface area contributed by atoms with Crippen LogP contribution in [0.5, 0.6) is 0 Å². The van der Waals surface area contributed by atoms with Gasteiger partial charge in [-0.1, -0.05) is 0 Å². The molecule has 2 aromatic heterocycles. The molecule has 0 amide bonds. The van der Waals surface area contributed by atoms with Gasteiger partial charge in [0.15, 0.2) is 5.82 Å². The number of alkyl halides is 1. The Kier molecular flexibility index (Phi) is 2.73. The molecule has 3 nitrogen and oxygen atoms in total. The standard InChI is InChI=1S/C11H11ClN2O/c1-7-6-13-11(14-10(7)5-12)9-3-4-15-8(9)2/h3-4,6H,5H2,1-2H3. The minimum absolute atomic E-state index is 0.401. The van der Waals surface area contributed by atoms with E-state index in [1.807, 2.05) is 19.9 Å². The summed E-state index contributed by atoms with van der Waals surface area (Å²) in [6.45, 7) is 3.84. The lowest BCUT2D eigenvalue weighted by molar-refractivity contribution is 0.535. The van der Waals surface area contributed by atoms with Crippen molar-refractivity contribution in [2.24, 2.45) is 0 Å². The molecule has 0 radical (unpaired) electrons. The molecule has 0 unspecified atom stereocenters. The van der Waals surface area contributed by atoms with Gasteiger partial charge in [0, 0.05) is 6.20 Å². The van der Waals surface area contributed by atoms with Crippen molar-refractivity contribution >= 4 is 11.6 Å². The Morgan fingerprint density at radius 3 is 2.80 bits per heavy atom. The quantitative estimate of drug-likeness (QED) is 0.733. The fourth-order valence-electron chi connectivity index (χ4n) is 1.36. The Morgan fingerprint density at radius 1 is 1.40 bits per heavy atom. The SMILES string of the molecule is Cc1cnc(-c2ccoc2C)nc1CCl. The Hall–Kier alpha value is -1.35. The zero-order valence-electron chi connectivity index (χ0n) is 8.62. The van der Waals surface area contributed by atoms with E-state index >= 15 is 0 Å². The van der Waals surface area contributed by atoms with Crippen molar-refractivity contribution in [3.05, 3.63) is 35.5 Å². The van der Waals surface area contributed by atoms with E-state index in [-0.39, 0.29) is 0 Å². The summed E-state index contributed by atoms with van der Waals surface area (Å²) < 4.78 is 5.21. The monoisotopic (exact) mass is 222 g/mol. The zero-order chi connectivity index (χ0) is 10.8. The maximum Gasteiger partial charge on any atom is 0.162 e. The number of nitrogens with zero attached hydrogens (tertiary/aromatic N) is 2. The number of aromatic nitrogens is 2. The maximum absolute atomic E-state index is 5.79. The molecule has 0 saturated carbocycles. The van der Waals surface area contributed by atoms with E-state index < -0.39 is 0 Å². The normalized spacial score (nSPS) is 10.6. The molecule has 0 aliphatic carbocycles. The summed E-state index contributed by atoms with van der Waals surface area (Å²) in [5, 5.41) is 0. The van der Waals surface area contributed by atoms with Gasteiger partial charge in [0.25, 0.3) is 0 Å². The summed E-state index contributed by atoms with van der Waals surface area (Å²) in [4.78, 5) is 8.65. The highest BCUT2D eigenvalue weighted by molar-refractivity contribution is 6.17. The van der Waals surface area contributed by atoms with Gasteiger partial charge in [-0.15, -0.1) is 11.6 Å². The van der Waals surface area contributed by atoms with Crippen molar-refractivity contribution in [3.8, 4) is 11.4 Å². The van der Waals surface area contributed by atoms with Crippen molar-refractivity contribution < 1.29 is 4.42 Å². The minimum atomic E-state index is 0.401. The summed E-state index contributed by atoms with van der Waals surface area (Å²) in [5.74, 6) is 1.89. The number of furan rings is 1. The first-order valence-electron chi connectivity index (χ1n) is 4.65. The van der Waals surface area contributed by atoms with Gasteiger partial charge in [-0.05, 0) is 25.5 Å². The molecule has 0 bridgehead atoms. The molecule has 2 aromatic rings. The van der Waals surface area contributed by atoms with Crippen molar-refractivity contribution in [2.45, 2.75) is 19.7 Å². The second kappa shape index (κ2) is 4.03. The molecule has 0 saturated heterocycles. The molecule has 0 atom stereocenters. The van der Waals surface area contributed by atoms with Crippen molar-refractivity contribution in [1.82, 2.24) is 9.97 Å². The third-order valence-corrected chi connectivity index (χ3v) is 2.56. The van der Waals surface area contributed by atoms with Crippen LogP contribution in [0.3, 0.4) is 0 Å². The Morgan fingerprint density at radius 2 is 2.20 bits per heavy atom. The summed E-state index contributed by atoms with van der Waals surface area (Å²) in [6.07, 6.45) is 3.42. The highest BCUT2D eigenvalue weighted by atomic mass is 35.5. The highest BCUT2D eigenvalue weighted by Gasteiger charge is 2.09. The van der Waals surface area contributed by atoms with Crippen LogP contribution in [0.2, 0.25) is 0 Å². The number of aryl methyl sites for hydroxylation is 2. The first-order chi connectivity index (χ1) is 7.22.